The van der Waals surface area contributed by atoms with Crippen LogP contribution in [-0.4, -0.2) is 70.9 Å². The Hall–Kier alpha value is -2.51. The first-order valence-corrected chi connectivity index (χ1v) is 9.50. The van der Waals surface area contributed by atoms with Gasteiger partial charge in [-0.25, -0.2) is 0 Å². The van der Waals surface area contributed by atoms with Crippen LogP contribution in [0.3, 0.4) is 0 Å². The third-order valence-electron chi connectivity index (χ3n) is 5.17. The summed E-state index contributed by atoms with van der Waals surface area (Å²) in [6.07, 6.45) is 2.61. The van der Waals surface area contributed by atoms with Crippen LogP contribution < -0.4 is 5.56 Å². The second kappa shape index (κ2) is 8.02. The number of carbonyl (C=O) groups is 1. The Balaban J connectivity index is 1.42. The van der Waals surface area contributed by atoms with Crippen molar-refractivity contribution < 1.29 is 9.53 Å². The summed E-state index contributed by atoms with van der Waals surface area (Å²) in [5.74, 6) is -0.128. The number of aromatic nitrogens is 2. The van der Waals surface area contributed by atoms with Gasteiger partial charge in [-0.15, -0.1) is 0 Å². The van der Waals surface area contributed by atoms with E-state index in [0.717, 1.165) is 39.1 Å². The SMILES string of the molecule is O=C(c1ccc(=O)n(-c2ccccc2)n1)N1CCN(CC2CCCO2)CC1. The van der Waals surface area contributed by atoms with Gasteiger partial charge in [0.15, 0.2) is 0 Å². The molecular formula is C20H24N4O3. The highest BCUT2D eigenvalue weighted by Crippen LogP contribution is 2.15. The molecule has 0 spiro atoms. The normalized spacial score (nSPS) is 20.7. The van der Waals surface area contributed by atoms with Gasteiger partial charge in [-0.2, -0.15) is 9.78 Å². The van der Waals surface area contributed by atoms with Crippen molar-refractivity contribution in [2.24, 2.45) is 0 Å². The van der Waals surface area contributed by atoms with E-state index < -0.39 is 0 Å². The molecule has 2 aliphatic heterocycles. The molecular weight excluding hydrogens is 344 g/mol. The number of ether oxygens (including phenoxy) is 1. The van der Waals surface area contributed by atoms with E-state index in [1.807, 2.05) is 23.1 Å². The van der Waals surface area contributed by atoms with Crippen molar-refractivity contribution in [1.29, 1.82) is 0 Å². The molecule has 0 radical (unpaired) electrons. The Morgan fingerprint density at radius 3 is 2.56 bits per heavy atom. The lowest BCUT2D eigenvalue weighted by atomic mass is 10.2. The summed E-state index contributed by atoms with van der Waals surface area (Å²) in [6.45, 7) is 4.81. The maximum absolute atomic E-state index is 12.9. The fourth-order valence-corrected chi connectivity index (χ4v) is 3.65. The second-order valence-corrected chi connectivity index (χ2v) is 7.03. The third kappa shape index (κ3) is 4.09. The summed E-state index contributed by atoms with van der Waals surface area (Å²) >= 11 is 0. The zero-order valence-electron chi connectivity index (χ0n) is 15.3. The molecule has 2 aromatic rings. The van der Waals surface area contributed by atoms with Crippen molar-refractivity contribution in [1.82, 2.24) is 19.6 Å². The van der Waals surface area contributed by atoms with Gasteiger partial charge in [-0.3, -0.25) is 14.5 Å². The monoisotopic (exact) mass is 368 g/mol. The summed E-state index contributed by atoms with van der Waals surface area (Å²) in [5.41, 5.74) is 0.698. The molecule has 27 heavy (non-hydrogen) atoms. The van der Waals surface area contributed by atoms with Crippen molar-refractivity contribution >= 4 is 5.91 Å². The predicted molar refractivity (Wildman–Crippen MR) is 101 cm³/mol. The van der Waals surface area contributed by atoms with Crippen LogP contribution in [0.4, 0.5) is 0 Å². The number of hydrogen-bond acceptors (Lipinski definition) is 5. The molecule has 1 amide bonds. The molecule has 2 saturated heterocycles. The largest absolute Gasteiger partial charge is 0.377 e. The van der Waals surface area contributed by atoms with Gasteiger partial charge < -0.3 is 9.64 Å². The van der Waals surface area contributed by atoms with Crippen molar-refractivity contribution in [2.45, 2.75) is 18.9 Å². The Bertz CT molecular complexity index is 838. The Morgan fingerprint density at radius 1 is 1.07 bits per heavy atom. The van der Waals surface area contributed by atoms with Gasteiger partial charge in [-0.05, 0) is 31.0 Å². The molecule has 1 unspecified atom stereocenters. The van der Waals surface area contributed by atoms with Gasteiger partial charge in [0.1, 0.15) is 5.69 Å². The highest BCUT2D eigenvalue weighted by molar-refractivity contribution is 5.92. The van der Waals surface area contributed by atoms with Crippen molar-refractivity contribution in [3.63, 3.8) is 0 Å². The molecule has 0 bridgehead atoms. The van der Waals surface area contributed by atoms with Crippen LogP contribution in [0, 0.1) is 0 Å². The summed E-state index contributed by atoms with van der Waals surface area (Å²) in [6, 6.07) is 12.1. The minimum absolute atomic E-state index is 0.128. The Kier molecular flexibility index (Phi) is 5.31. The van der Waals surface area contributed by atoms with Crippen LogP contribution >= 0.6 is 0 Å². The quantitative estimate of drug-likeness (QED) is 0.810. The third-order valence-corrected chi connectivity index (χ3v) is 5.17. The number of carbonyl (C=O) groups excluding carboxylic acids is 1. The van der Waals surface area contributed by atoms with Crippen molar-refractivity contribution in [3.05, 3.63) is 58.5 Å². The summed E-state index contributed by atoms with van der Waals surface area (Å²) < 4.78 is 6.98. The summed E-state index contributed by atoms with van der Waals surface area (Å²) in [7, 11) is 0. The van der Waals surface area contributed by atoms with E-state index in [4.69, 9.17) is 4.74 Å². The highest BCUT2D eigenvalue weighted by atomic mass is 16.5. The van der Waals surface area contributed by atoms with Crippen LogP contribution in [0.25, 0.3) is 5.69 Å². The maximum atomic E-state index is 12.9. The molecule has 1 aromatic heterocycles. The molecule has 142 valence electrons. The van der Waals surface area contributed by atoms with E-state index in [1.54, 1.807) is 12.1 Å². The molecule has 0 aliphatic carbocycles. The lowest BCUT2D eigenvalue weighted by Gasteiger charge is -2.35. The zero-order chi connectivity index (χ0) is 18.6. The van der Waals surface area contributed by atoms with E-state index in [0.29, 0.717) is 30.6 Å². The molecule has 7 nitrogen and oxygen atoms in total. The van der Waals surface area contributed by atoms with E-state index in [1.165, 1.54) is 16.8 Å². The molecule has 2 fully saturated rings. The van der Waals surface area contributed by atoms with Crippen LogP contribution in [0.1, 0.15) is 23.3 Å². The first-order chi connectivity index (χ1) is 13.2. The smallest absolute Gasteiger partial charge is 0.274 e. The van der Waals surface area contributed by atoms with Gasteiger partial charge in [0.05, 0.1) is 11.8 Å². The number of benzene rings is 1. The molecule has 0 saturated carbocycles. The number of nitrogens with zero attached hydrogens (tertiary/aromatic N) is 4. The van der Waals surface area contributed by atoms with Crippen molar-refractivity contribution in [2.75, 3.05) is 39.3 Å². The van der Waals surface area contributed by atoms with Gasteiger partial charge in [0.25, 0.3) is 11.5 Å². The molecule has 7 heteroatoms. The number of hydrogen-bond donors (Lipinski definition) is 0. The minimum Gasteiger partial charge on any atom is -0.377 e. The molecule has 1 atom stereocenters. The first kappa shape index (κ1) is 17.9. The standard InChI is InChI=1S/C20H24N4O3/c25-19-9-8-18(21-24(19)16-5-2-1-3-6-16)20(26)23-12-10-22(11-13-23)15-17-7-4-14-27-17/h1-3,5-6,8-9,17H,4,7,10-15H2. The topological polar surface area (TPSA) is 67.7 Å². The average Bonchev–Trinajstić information content (AvgIpc) is 3.22. The van der Waals surface area contributed by atoms with E-state index in [9.17, 15) is 9.59 Å². The van der Waals surface area contributed by atoms with Crippen molar-refractivity contribution in [3.8, 4) is 5.69 Å². The van der Waals surface area contributed by atoms with Gasteiger partial charge in [-0.1, -0.05) is 18.2 Å². The second-order valence-electron chi connectivity index (χ2n) is 7.03. The fraction of sp³-hybridized carbons (Fsp3) is 0.450. The van der Waals surface area contributed by atoms with Gasteiger partial charge >= 0.3 is 0 Å². The Morgan fingerprint density at radius 2 is 1.85 bits per heavy atom. The van der Waals surface area contributed by atoms with Crippen LogP contribution in [0.15, 0.2) is 47.3 Å². The molecule has 2 aliphatic rings. The highest BCUT2D eigenvalue weighted by Gasteiger charge is 2.26. The number of rotatable bonds is 4. The fourth-order valence-electron chi connectivity index (χ4n) is 3.65. The molecule has 1 aromatic carbocycles. The lowest BCUT2D eigenvalue weighted by Crippen LogP contribution is -2.50. The van der Waals surface area contributed by atoms with Crippen LogP contribution in [-0.2, 0) is 4.74 Å². The van der Waals surface area contributed by atoms with E-state index in [2.05, 4.69) is 10.00 Å². The Labute approximate surface area is 158 Å². The average molecular weight is 368 g/mol. The zero-order valence-corrected chi connectivity index (χ0v) is 15.3. The number of piperazine rings is 1. The van der Waals surface area contributed by atoms with E-state index in [-0.39, 0.29) is 11.5 Å². The number of para-hydroxylation sites is 1. The molecule has 0 N–H and O–H groups in total. The first-order valence-electron chi connectivity index (χ1n) is 9.50. The summed E-state index contributed by atoms with van der Waals surface area (Å²) in [4.78, 5) is 29.2. The molecule has 4 rings (SSSR count). The van der Waals surface area contributed by atoms with Gasteiger partial charge in [0.2, 0.25) is 0 Å². The molecule has 3 heterocycles. The predicted octanol–water partition coefficient (Wildman–Crippen LogP) is 1.17. The number of amides is 1. The minimum atomic E-state index is -0.251. The van der Waals surface area contributed by atoms with Gasteiger partial charge in [0, 0.05) is 45.4 Å². The summed E-state index contributed by atoms with van der Waals surface area (Å²) in [5, 5.41) is 4.30. The van der Waals surface area contributed by atoms with E-state index >= 15 is 0 Å². The lowest BCUT2D eigenvalue weighted by molar-refractivity contribution is 0.0429. The maximum Gasteiger partial charge on any atom is 0.274 e. The van der Waals surface area contributed by atoms with Crippen LogP contribution in [0.2, 0.25) is 0 Å². The van der Waals surface area contributed by atoms with Crippen LogP contribution in [0.5, 0.6) is 0 Å².